The van der Waals surface area contributed by atoms with Gasteiger partial charge in [-0.1, -0.05) is 27.5 Å². The maximum atomic E-state index is 12.2. The number of hydrogen-bond acceptors (Lipinski definition) is 4. The lowest BCUT2D eigenvalue weighted by molar-refractivity contribution is 0.0978. The minimum atomic E-state index is -0.462. The molecule has 0 aliphatic heterocycles. The molecule has 0 saturated heterocycles. The Morgan fingerprint density at radius 2 is 2.04 bits per heavy atom. The zero-order valence-electron chi connectivity index (χ0n) is 11.9. The number of amides is 1. The van der Waals surface area contributed by atoms with Crippen LogP contribution in [0.4, 0.5) is 5.69 Å². The van der Waals surface area contributed by atoms with Crippen LogP contribution in [-0.2, 0) is 0 Å². The van der Waals surface area contributed by atoms with E-state index < -0.39 is 5.91 Å². The van der Waals surface area contributed by atoms with Crippen molar-refractivity contribution >= 4 is 56.5 Å². The van der Waals surface area contributed by atoms with Gasteiger partial charge < -0.3 is 15.2 Å². The van der Waals surface area contributed by atoms with E-state index in [2.05, 4.69) is 26.6 Å². The molecule has 0 aliphatic carbocycles. The van der Waals surface area contributed by atoms with E-state index in [0.29, 0.717) is 16.5 Å². The normalized spacial score (nSPS) is 10.0. The van der Waals surface area contributed by atoms with Gasteiger partial charge in [0.1, 0.15) is 11.5 Å². The third-order valence-electron chi connectivity index (χ3n) is 2.85. The second-order valence-electron chi connectivity index (χ2n) is 4.42. The van der Waals surface area contributed by atoms with Crippen LogP contribution in [0.5, 0.6) is 11.5 Å². The maximum absolute atomic E-state index is 12.2. The zero-order chi connectivity index (χ0) is 17.0. The van der Waals surface area contributed by atoms with E-state index in [4.69, 9.17) is 28.6 Å². The molecule has 2 aromatic carbocycles. The maximum Gasteiger partial charge on any atom is 0.258 e. The number of thiocarbonyl (C=S) groups is 1. The van der Waals surface area contributed by atoms with Crippen molar-refractivity contribution in [1.82, 2.24) is 5.32 Å². The first-order chi connectivity index (χ1) is 10.9. The highest BCUT2D eigenvalue weighted by Crippen LogP contribution is 2.27. The van der Waals surface area contributed by atoms with Gasteiger partial charge in [-0.2, -0.15) is 0 Å². The van der Waals surface area contributed by atoms with Gasteiger partial charge in [0, 0.05) is 10.5 Å². The van der Waals surface area contributed by atoms with Crippen molar-refractivity contribution in [3.8, 4) is 11.5 Å². The number of benzene rings is 2. The molecule has 0 saturated carbocycles. The topological polar surface area (TPSA) is 70.6 Å². The fourth-order valence-electron chi connectivity index (χ4n) is 1.74. The van der Waals surface area contributed by atoms with Crippen LogP contribution in [0.3, 0.4) is 0 Å². The number of ether oxygens (including phenoxy) is 1. The third-order valence-corrected chi connectivity index (χ3v) is 3.88. The van der Waals surface area contributed by atoms with Crippen molar-refractivity contribution in [2.75, 3.05) is 12.4 Å². The highest BCUT2D eigenvalue weighted by Gasteiger charge is 2.13. The van der Waals surface area contributed by atoms with Crippen molar-refractivity contribution in [2.24, 2.45) is 0 Å². The molecule has 120 valence electrons. The van der Waals surface area contributed by atoms with E-state index in [1.807, 2.05) is 0 Å². The first-order valence-electron chi connectivity index (χ1n) is 6.35. The molecular weight excluding hydrogens is 404 g/mol. The molecule has 0 heterocycles. The minimum Gasteiger partial charge on any atom is -0.506 e. The largest absolute Gasteiger partial charge is 0.506 e. The summed E-state index contributed by atoms with van der Waals surface area (Å²) in [6.45, 7) is 0. The Bertz CT molecular complexity index is 770. The average Bonchev–Trinajstić information content (AvgIpc) is 2.51. The van der Waals surface area contributed by atoms with Crippen molar-refractivity contribution in [3.63, 3.8) is 0 Å². The molecule has 8 heteroatoms. The number of nitrogens with one attached hydrogen (secondary N) is 2. The van der Waals surface area contributed by atoms with Gasteiger partial charge in [0.15, 0.2) is 5.11 Å². The molecule has 23 heavy (non-hydrogen) atoms. The number of carbonyl (C=O) groups is 1. The van der Waals surface area contributed by atoms with Crippen LogP contribution in [0.15, 0.2) is 40.9 Å². The Morgan fingerprint density at radius 3 is 2.74 bits per heavy atom. The van der Waals surface area contributed by atoms with Gasteiger partial charge in [-0.05, 0) is 42.5 Å². The summed E-state index contributed by atoms with van der Waals surface area (Å²) in [4.78, 5) is 12.2. The number of aromatic hydroxyl groups is 1. The standard InChI is InChI=1S/C15H12BrClN2O3S/c1-22-9-3-5-13(20)12(7-9)18-15(23)19-14(21)10-6-8(16)2-4-11(10)17/h2-7,20H,1H3,(H2,18,19,21,23). The summed E-state index contributed by atoms with van der Waals surface area (Å²) in [5.41, 5.74) is 0.593. The predicted molar refractivity (Wildman–Crippen MR) is 97.5 cm³/mol. The molecule has 2 aromatic rings. The van der Waals surface area contributed by atoms with E-state index in [1.165, 1.54) is 13.2 Å². The number of rotatable bonds is 3. The summed E-state index contributed by atoms with van der Waals surface area (Å²) >= 11 is 14.4. The number of phenols is 1. The molecule has 0 aliphatic rings. The Morgan fingerprint density at radius 1 is 1.30 bits per heavy atom. The van der Waals surface area contributed by atoms with Gasteiger partial charge in [0.25, 0.3) is 5.91 Å². The van der Waals surface area contributed by atoms with E-state index in [0.717, 1.165) is 4.47 Å². The summed E-state index contributed by atoms with van der Waals surface area (Å²) < 4.78 is 5.79. The van der Waals surface area contributed by atoms with Crippen molar-refractivity contribution in [2.45, 2.75) is 0 Å². The second kappa shape index (κ2) is 7.63. The number of anilines is 1. The summed E-state index contributed by atoms with van der Waals surface area (Å²) in [5.74, 6) is 0.0496. The van der Waals surface area contributed by atoms with Crippen LogP contribution >= 0.6 is 39.7 Å². The minimum absolute atomic E-state index is 0.0228. The predicted octanol–water partition coefficient (Wildman–Crippen LogP) is 3.94. The van der Waals surface area contributed by atoms with E-state index in [-0.39, 0.29) is 16.4 Å². The second-order valence-corrected chi connectivity index (χ2v) is 6.15. The number of methoxy groups -OCH3 is 1. The summed E-state index contributed by atoms with van der Waals surface area (Å²) in [5, 5.41) is 15.4. The molecule has 0 radical (unpaired) electrons. The summed E-state index contributed by atoms with van der Waals surface area (Å²) in [6, 6.07) is 9.53. The lowest BCUT2D eigenvalue weighted by Crippen LogP contribution is -2.34. The van der Waals surface area contributed by atoms with Gasteiger partial charge in [-0.25, -0.2) is 0 Å². The number of halogens is 2. The fourth-order valence-corrected chi connectivity index (χ4v) is 2.50. The van der Waals surface area contributed by atoms with Crippen LogP contribution in [0.1, 0.15) is 10.4 Å². The first-order valence-corrected chi connectivity index (χ1v) is 7.93. The van der Waals surface area contributed by atoms with Crippen LogP contribution < -0.4 is 15.4 Å². The molecule has 0 atom stereocenters. The Kier molecular flexibility index (Phi) is 5.81. The van der Waals surface area contributed by atoms with Crippen LogP contribution in [0, 0.1) is 0 Å². The highest BCUT2D eigenvalue weighted by atomic mass is 79.9. The van der Waals surface area contributed by atoms with Gasteiger partial charge in [0.05, 0.1) is 23.4 Å². The summed E-state index contributed by atoms with van der Waals surface area (Å²) in [6.07, 6.45) is 0. The Labute approximate surface area is 151 Å². The number of hydrogen-bond donors (Lipinski definition) is 3. The molecule has 2 rings (SSSR count). The number of phenolic OH excluding ortho intramolecular Hbond substituents is 1. The Balaban J connectivity index is 2.10. The van der Waals surface area contributed by atoms with Crippen LogP contribution in [0.25, 0.3) is 0 Å². The monoisotopic (exact) mass is 414 g/mol. The fraction of sp³-hybridized carbons (Fsp3) is 0.0667. The summed E-state index contributed by atoms with van der Waals surface area (Å²) in [7, 11) is 1.51. The van der Waals surface area contributed by atoms with Crippen molar-refractivity contribution < 1.29 is 14.6 Å². The molecule has 3 N–H and O–H groups in total. The van der Waals surface area contributed by atoms with Gasteiger partial charge >= 0.3 is 0 Å². The molecule has 1 amide bonds. The molecular formula is C15H12BrClN2O3S. The molecule has 5 nitrogen and oxygen atoms in total. The molecule has 0 fully saturated rings. The quantitative estimate of drug-likeness (QED) is 0.523. The van der Waals surface area contributed by atoms with Crippen molar-refractivity contribution in [1.29, 1.82) is 0 Å². The smallest absolute Gasteiger partial charge is 0.258 e. The SMILES string of the molecule is COc1ccc(O)c(NC(=S)NC(=O)c2cc(Br)ccc2Cl)c1. The van der Waals surface area contributed by atoms with Gasteiger partial charge in [0.2, 0.25) is 0 Å². The van der Waals surface area contributed by atoms with Gasteiger partial charge in [-0.3, -0.25) is 10.1 Å². The van der Waals surface area contributed by atoms with Crippen LogP contribution in [-0.4, -0.2) is 23.2 Å². The molecule has 0 aromatic heterocycles. The van der Waals surface area contributed by atoms with E-state index in [1.54, 1.807) is 30.3 Å². The lowest BCUT2D eigenvalue weighted by atomic mass is 10.2. The molecule has 0 bridgehead atoms. The third kappa shape index (κ3) is 4.57. The van der Waals surface area contributed by atoms with Crippen LogP contribution in [0.2, 0.25) is 5.02 Å². The highest BCUT2D eigenvalue weighted by molar-refractivity contribution is 9.10. The van der Waals surface area contributed by atoms with Gasteiger partial charge in [-0.15, -0.1) is 0 Å². The first kappa shape index (κ1) is 17.5. The Hall–Kier alpha value is -1.83. The van der Waals surface area contributed by atoms with E-state index in [9.17, 15) is 9.90 Å². The van der Waals surface area contributed by atoms with E-state index >= 15 is 0 Å². The zero-order valence-corrected chi connectivity index (χ0v) is 15.1. The lowest BCUT2D eigenvalue weighted by Gasteiger charge is -2.12. The molecule has 0 spiro atoms. The van der Waals surface area contributed by atoms with Crippen molar-refractivity contribution in [3.05, 3.63) is 51.5 Å². The number of carbonyl (C=O) groups excluding carboxylic acids is 1. The molecule has 0 unspecified atom stereocenters. The average molecular weight is 416 g/mol.